The van der Waals surface area contributed by atoms with Crippen LogP contribution in [0.15, 0.2) is 30.3 Å². The fraction of sp³-hybridized carbons (Fsp3) is 0.750. The van der Waals surface area contributed by atoms with Crippen molar-refractivity contribution in [2.45, 2.75) is 130 Å². The number of rotatable bonds is 22. The van der Waals surface area contributed by atoms with Gasteiger partial charge in [0.1, 0.15) is 6.04 Å². The van der Waals surface area contributed by atoms with Crippen molar-refractivity contribution in [3.05, 3.63) is 35.9 Å². The van der Waals surface area contributed by atoms with Crippen LogP contribution in [0.5, 0.6) is 0 Å². The van der Waals surface area contributed by atoms with Gasteiger partial charge >= 0.3 is 0 Å². The molecule has 2 fully saturated rings. The zero-order chi connectivity index (χ0) is 44.1. The van der Waals surface area contributed by atoms with E-state index in [4.69, 9.17) is 14.3 Å². The summed E-state index contributed by atoms with van der Waals surface area (Å²) in [6, 6.07) is 7.34. The number of hydroxylamine groups is 1. The molecule has 3 rings (SSSR count). The Morgan fingerprint density at radius 2 is 1.54 bits per heavy atom. The van der Waals surface area contributed by atoms with Crippen LogP contribution in [0.2, 0.25) is 0 Å². The molecule has 0 bridgehead atoms. The lowest BCUT2D eigenvalue weighted by molar-refractivity contribution is -0.146. The third-order valence-corrected chi connectivity index (χ3v) is 11.4. The van der Waals surface area contributed by atoms with E-state index in [0.29, 0.717) is 13.0 Å². The summed E-state index contributed by atoms with van der Waals surface area (Å²) in [5.74, 6) is -2.09. The second kappa shape index (κ2) is 27.3. The van der Waals surface area contributed by atoms with Crippen LogP contribution in [-0.2, 0) is 44.7 Å². The quantitative estimate of drug-likeness (QED) is 0.127. The fourth-order valence-electron chi connectivity index (χ4n) is 8.14. The maximum absolute atomic E-state index is 14.2. The van der Waals surface area contributed by atoms with Crippen molar-refractivity contribution >= 4 is 29.5 Å². The summed E-state index contributed by atoms with van der Waals surface area (Å²) in [5.41, 5.74) is 3.29. The number of nitrogens with one attached hydrogen (secondary N) is 4. The van der Waals surface area contributed by atoms with E-state index in [1.807, 2.05) is 58.0 Å². The lowest BCUT2D eigenvalue weighted by Crippen LogP contribution is -2.57. The van der Waals surface area contributed by atoms with Crippen LogP contribution in [0, 0.1) is 17.8 Å². The Morgan fingerprint density at radius 1 is 0.898 bits per heavy atom. The minimum Gasteiger partial charge on any atom is -0.379 e. The highest BCUT2D eigenvalue weighted by molar-refractivity contribution is 5.89. The van der Waals surface area contributed by atoms with Crippen molar-refractivity contribution in [2.75, 3.05) is 67.1 Å². The normalized spacial score (nSPS) is 19.3. The molecular weight excluding hydrogens is 755 g/mol. The molecule has 15 nitrogen and oxygen atoms in total. The van der Waals surface area contributed by atoms with E-state index in [1.165, 1.54) is 13.5 Å². The summed E-state index contributed by atoms with van der Waals surface area (Å²) >= 11 is 0. The highest BCUT2D eigenvalue weighted by Gasteiger charge is 2.42. The summed E-state index contributed by atoms with van der Waals surface area (Å²) in [6.07, 6.45) is 2.35. The molecule has 15 heteroatoms. The molecule has 0 spiro atoms. The Kier molecular flexibility index (Phi) is 23.8. The lowest BCUT2D eigenvalue weighted by atomic mass is 9.90. The fourth-order valence-corrected chi connectivity index (χ4v) is 8.14. The van der Waals surface area contributed by atoms with Crippen molar-refractivity contribution in [3.8, 4) is 0 Å². The van der Waals surface area contributed by atoms with E-state index >= 15 is 0 Å². The second-order valence-electron chi connectivity index (χ2n) is 16.2. The van der Waals surface area contributed by atoms with Gasteiger partial charge < -0.3 is 35.2 Å². The van der Waals surface area contributed by atoms with Gasteiger partial charge in [-0.3, -0.25) is 33.7 Å². The highest BCUT2D eigenvalue weighted by Crippen LogP contribution is 2.29. The number of carbonyl (C=O) groups is 5. The standard InChI is InChI=1S/C41H69N7O8.C3H8/c1-10-28(5)37(46(7)35(50)26-43-41(53)36(27(3)4)47-22-19-42-20-23-47)33(54-8)25-34(49)48-21-15-18-32(48)38(55-9)29(6)39(51)44-31(40(52)45-56-11-2)24-30-16-13-12-14-17-30;1-3-2/h12-14,16-17,27-29,31-33,36-38,42H,10-11,15,18-26H2,1-9H3,(H,43,53)(H,44,51)(H,45,52);3H2,1-2H3. The number of likely N-dealkylation sites (tertiary alicyclic amines) is 1. The van der Waals surface area contributed by atoms with Crippen molar-refractivity contribution in [2.24, 2.45) is 17.8 Å². The molecule has 2 aliphatic heterocycles. The number of carbonyl (C=O) groups excluding carboxylic acids is 5. The van der Waals surface area contributed by atoms with Gasteiger partial charge in [0.2, 0.25) is 23.6 Å². The Bertz CT molecular complexity index is 1410. The molecule has 2 heterocycles. The largest absolute Gasteiger partial charge is 0.379 e. The summed E-state index contributed by atoms with van der Waals surface area (Å²) < 4.78 is 11.9. The average Bonchev–Trinajstić information content (AvgIpc) is 3.72. The first-order valence-corrected chi connectivity index (χ1v) is 21.8. The van der Waals surface area contributed by atoms with Crippen LogP contribution in [0.25, 0.3) is 0 Å². The van der Waals surface area contributed by atoms with E-state index in [9.17, 15) is 24.0 Å². The molecule has 8 atom stereocenters. The molecule has 0 radical (unpaired) electrons. The van der Waals surface area contributed by atoms with Gasteiger partial charge in [0.05, 0.1) is 55.8 Å². The van der Waals surface area contributed by atoms with Gasteiger partial charge in [0, 0.05) is 60.4 Å². The average molecular weight is 832 g/mol. The summed E-state index contributed by atoms with van der Waals surface area (Å²) in [7, 11) is 4.78. The molecule has 0 aromatic heterocycles. The number of benzene rings is 1. The number of nitrogens with zero attached hydrogens (tertiary/aromatic N) is 3. The van der Waals surface area contributed by atoms with Crippen molar-refractivity contribution in [1.29, 1.82) is 0 Å². The predicted molar refractivity (Wildman–Crippen MR) is 230 cm³/mol. The SMILES string of the molecule is CCC.CCONC(=O)C(Cc1ccccc1)NC(=O)C(C)C(OC)C1CCCN1C(=O)CC(OC)C(C(C)CC)N(C)C(=O)CNC(=O)C(C(C)C)N1CCNCC1. The number of methoxy groups -OCH3 is 2. The third kappa shape index (κ3) is 15.7. The number of likely N-dealkylation sites (N-methyl/N-ethyl adjacent to an activating group) is 1. The first-order chi connectivity index (χ1) is 28.2. The first-order valence-electron chi connectivity index (χ1n) is 21.8. The van der Waals surface area contributed by atoms with Crippen LogP contribution in [-0.4, -0.2) is 148 Å². The Hall–Kier alpha value is -3.63. The van der Waals surface area contributed by atoms with Gasteiger partial charge in [-0.15, -0.1) is 0 Å². The molecule has 2 saturated heterocycles. The molecule has 1 aromatic carbocycles. The minimum absolute atomic E-state index is 0.0121. The van der Waals surface area contributed by atoms with Gasteiger partial charge in [-0.25, -0.2) is 5.48 Å². The molecule has 1 aromatic rings. The van der Waals surface area contributed by atoms with Crippen molar-refractivity contribution < 1.29 is 38.3 Å². The number of ether oxygens (including phenoxy) is 2. The van der Waals surface area contributed by atoms with E-state index in [0.717, 1.165) is 44.6 Å². The van der Waals surface area contributed by atoms with E-state index in [-0.39, 0.29) is 67.5 Å². The molecule has 59 heavy (non-hydrogen) atoms. The van der Waals surface area contributed by atoms with Crippen LogP contribution < -0.4 is 21.4 Å². The van der Waals surface area contributed by atoms with Gasteiger partial charge in [0.15, 0.2) is 0 Å². The number of piperazine rings is 1. The first kappa shape index (κ1) is 51.5. The van der Waals surface area contributed by atoms with Gasteiger partial charge in [0.25, 0.3) is 5.91 Å². The molecular formula is C44H77N7O8. The second-order valence-corrected chi connectivity index (χ2v) is 16.2. The van der Waals surface area contributed by atoms with E-state index < -0.39 is 42.2 Å². The smallest absolute Gasteiger partial charge is 0.266 e. The molecule has 0 saturated carbocycles. The van der Waals surface area contributed by atoms with Gasteiger partial charge in [-0.1, -0.05) is 91.6 Å². The van der Waals surface area contributed by atoms with Crippen LogP contribution in [0.3, 0.4) is 0 Å². The van der Waals surface area contributed by atoms with E-state index in [1.54, 1.807) is 37.8 Å². The van der Waals surface area contributed by atoms with E-state index in [2.05, 4.69) is 40.2 Å². The van der Waals surface area contributed by atoms with Crippen LogP contribution in [0.1, 0.15) is 93.1 Å². The summed E-state index contributed by atoms with van der Waals surface area (Å²) in [4.78, 5) is 78.7. The Balaban J connectivity index is 0.00000387. The Labute approximate surface area is 354 Å². The molecule has 2 aliphatic rings. The lowest BCUT2D eigenvalue weighted by Gasteiger charge is -2.39. The maximum atomic E-state index is 14.2. The minimum atomic E-state index is -0.894. The third-order valence-electron chi connectivity index (χ3n) is 11.4. The number of hydrogen-bond donors (Lipinski definition) is 4. The zero-order valence-electron chi connectivity index (χ0n) is 37.9. The molecule has 8 unspecified atom stereocenters. The van der Waals surface area contributed by atoms with Crippen molar-refractivity contribution in [1.82, 2.24) is 36.1 Å². The molecule has 0 aliphatic carbocycles. The zero-order valence-corrected chi connectivity index (χ0v) is 37.9. The molecule has 5 amide bonds. The molecule has 4 N–H and O–H groups in total. The maximum Gasteiger partial charge on any atom is 0.266 e. The van der Waals surface area contributed by atoms with Crippen molar-refractivity contribution in [3.63, 3.8) is 0 Å². The predicted octanol–water partition coefficient (Wildman–Crippen LogP) is 3.16. The summed E-state index contributed by atoms with van der Waals surface area (Å²) in [6.45, 7) is 19.6. The van der Waals surface area contributed by atoms with Crippen LogP contribution >= 0.6 is 0 Å². The topological polar surface area (TPSA) is 171 Å². The highest BCUT2D eigenvalue weighted by atomic mass is 16.6. The molecule has 336 valence electrons. The Morgan fingerprint density at radius 3 is 2.10 bits per heavy atom. The van der Waals surface area contributed by atoms with Gasteiger partial charge in [-0.05, 0) is 37.2 Å². The van der Waals surface area contributed by atoms with Crippen LogP contribution in [0.4, 0.5) is 0 Å². The number of hydrogen-bond acceptors (Lipinski definition) is 10. The number of amides is 5. The monoisotopic (exact) mass is 832 g/mol. The van der Waals surface area contributed by atoms with Gasteiger partial charge in [-0.2, -0.15) is 0 Å². The summed E-state index contributed by atoms with van der Waals surface area (Å²) in [5, 5.41) is 9.11.